The van der Waals surface area contributed by atoms with Crippen LogP contribution >= 0.6 is 0 Å². The lowest BCUT2D eigenvalue weighted by Gasteiger charge is -2.27. The average molecular weight is 464 g/mol. The lowest BCUT2D eigenvalue weighted by Crippen LogP contribution is -2.37. The van der Waals surface area contributed by atoms with Crippen LogP contribution in [-0.2, 0) is 13.3 Å². The molecule has 1 aromatic carbocycles. The second-order valence-electron chi connectivity index (χ2n) is 9.43. The predicted molar refractivity (Wildman–Crippen MR) is 136 cm³/mol. The van der Waals surface area contributed by atoms with Gasteiger partial charge in [0.15, 0.2) is 8.32 Å². The van der Waals surface area contributed by atoms with E-state index in [-0.39, 0.29) is 0 Å². The molecule has 0 bridgehead atoms. The summed E-state index contributed by atoms with van der Waals surface area (Å²) in [5.74, 6) is 0. The third-order valence-electron chi connectivity index (χ3n) is 6.12. The molecule has 3 aliphatic heterocycles. The molecule has 1 atom stereocenters. The van der Waals surface area contributed by atoms with Crippen molar-refractivity contribution < 1.29 is 13.3 Å². The van der Waals surface area contributed by atoms with Crippen LogP contribution < -0.4 is 5.19 Å². The van der Waals surface area contributed by atoms with Crippen LogP contribution in [0.25, 0.3) is 0 Å². The van der Waals surface area contributed by atoms with Gasteiger partial charge in [-0.1, -0.05) is 49.2 Å². The highest BCUT2D eigenvalue weighted by molar-refractivity contribution is 6.77. The molecular formula is C24H43O3Si3. The summed E-state index contributed by atoms with van der Waals surface area (Å²) in [4.78, 5) is 0. The van der Waals surface area contributed by atoms with Crippen LogP contribution in [-0.4, -0.2) is 45.5 Å². The first-order valence-corrected chi connectivity index (χ1v) is 19.2. The molecule has 1 radical (unpaired) electrons. The first kappa shape index (κ1) is 25.7. The van der Waals surface area contributed by atoms with Gasteiger partial charge in [0.2, 0.25) is 17.4 Å². The Morgan fingerprint density at radius 1 is 0.867 bits per heavy atom. The van der Waals surface area contributed by atoms with Gasteiger partial charge in [-0.25, -0.2) is 0 Å². The van der Waals surface area contributed by atoms with Gasteiger partial charge in [0.25, 0.3) is 0 Å². The van der Waals surface area contributed by atoms with E-state index in [4.69, 9.17) is 13.3 Å². The van der Waals surface area contributed by atoms with Crippen molar-refractivity contribution in [3.8, 4) is 0 Å². The Morgan fingerprint density at radius 2 is 1.53 bits per heavy atom. The van der Waals surface area contributed by atoms with Crippen molar-refractivity contribution in [3.05, 3.63) is 42.1 Å². The van der Waals surface area contributed by atoms with Crippen molar-refractivity contribution in [1.82, 2.24) is 0 Å². The molecule has 3 nitrogen and oxygen atoms in total. The molecule has 3 aliphatic rings. The maximum absolute atomic E-state index is 5.85. The molecule has 0 amide bonds. The zero-order valence-electron chi connectivity index (χ0n) is 19.8. The maximum atomic E-state index is 5.85. The molecule has 0 aromatic heterocycles. The van der Waals surface area contributed by atoms with Crippen LogP contribution in [0.15, 0.2) is 36.5 Å². The van der Waals surface area contributed by atoms with E-state index in [1.54, 1.807) is 0 Å². The third kappa shape index (κ3) is 9.32. The highest BCUT2D eigenvalue weighted by atomic mass is 28.4. The van der Waals surface area contributed by atoms with Crippen LogP contribution in [0.1, 0.15) is 44.1 Å². The highest BCUT2D eigenvalue weighted by Crippen LogP contribution is 2.21. The van der Waals surface area contributed by atoms with Gasteiger partial charge >= 0.3 is 0 Å². The molecule has 1 unspecified atom stereocenters. The molecule has 3 heterocycles. The fraction of sp³-hybridized carbons (Fsp3) is 0.667. The zero-order valence-corrected chi connectivity index (χ0v) is 22.8. The Labute approximate surface area is 189 Å². The van der Waals surface area contributed by atoms with E-state index in [1.165, 1.54) is 67.4 Å². The molecule has 1 aromatic rings. The second-order valence-corrected chi connectivity index (χ2v) is 19.7. The third-order valence-corrected chi connectivity index (χ3v) is 14.3. The van der Waals surface area contributed by atoms with Crippen molar-refractivity contribution in [1.29, 1.82) is 0 Å². The molecule has 3 fully saturated rings. The fourth-order valence-corrected chi connectivity index (χ4v) is 10.3. The summed E-state index contributed by atoms with van der Waals surface area (Å²) in [6.45, 7) is 15.8. The summed E-state index contributed by atoms with van der Waals surface area (Å²) < 4.78 is 17.1. The van der Waals surface area contributed by atoms with Crippen molar-refractivity contribution in [3.63, 3.8) is 0 Å². The van der Waals surface area contributed by atoms with E-state index in [9.17, 15) is 0 Å². The zero-order chi connectivity index (χ0) is 21.9. The van der Waals surface area contributed by atoms with Crippen LogP contribution in [0.4, 0.5) is 0 Å². The van der Waals surface area contributed by atoms with Crippen molar-refractivity contribution >= 4 is 30.9 Å². The molecule has 169 valence electrons. The van der Waals surface area contributed by atoms with Crippen molar-refractivity contribution in [2.45, 2.75) is 83.2 Å². The van der Waals surface area contributed by atoms with Gasteiger partial charge in [-0.2, -0.15) is 0 Å². The predicted octanol–water partition coefficient (Wildman–Crippen LogP) is 6.10. The highest BCUT2D eigenvalue weighted by Gasteiger charge is 2.27. The smallest absolute Gasteiger partial charge is 0.246 e. The summed E-state index contributed by atoms with van der Waals surface area (Å²) in [5.41, 5.74) is 3.45. The minimum absolute atomic E-state index is 0.656. The molecule has 4 rings (SSSR count). The van der Waals surface area contributed by atoms with Gasteiger partial charge in [-0.3, -0.25) is 0 Å². The van der Waals surface area contributed by atoms with Gasteiger partial charge in [0, 0.05) is 19.8 Å². The largest absolute Gasteiger partial charge is 0.417 e. The van der Waals surface area contributed by atoms with Gasteiger partial charge in [0.1, 0.15) is 0 Å². The average Bonchev–Trinajstić information content (AvgIpc) is 2.76. The van der Waals surface area contributed by atoms with E-state index in [0.717, 1.165) is 19.8 Å². The van der Waals surface area contributed by atoms with E-state index < -0.39 is 25.7 Å². The summed E-state index contributed by atoms with van der Waals surface area (Å²) in [6.07, 6.45) is 7.88. The summed E-state index contributed by atoms with van der Waals surface area (Å²) >= 11 is 0. The molecule has 0 aliphatic carbocycles. The van der Waals surface area contributed by atoms with Crippen LogP contribution in [0.5, 0.6) is 0 Å². The SMILES string of the molecule is C=C[Si]1(C)CCCCO1.C[Si]1(C)CCCCO1.Cc1ccccc1[Si]1CCCCO1. The number of benzene rings is 1. The van der Waals surface area contributed by atoms with Gasteiger partial charge in [0.05, 0.1) is 0 Å². The van der Waals surface area contributed by atoms with E-state index in [1.807, 2.05) is 5.70 Å². The van der Waals surface area contributed by atoms with Crippen molar-refractivity contribution in [2.24, 2.45) is 0 Å². The molecular weight excluding hydrogens is 421 g/mol. The number of hydrogen-bond donors (Lipinski definition) is 0. The van der Waals surface area contributed by atoms with Crippen LogP contribution in [0.2, 0.25) is 37.8 Å². The van der Waals surface area contributed by atoms with Gasteiger partial charge in [-0.05, 0) is 74.7 Å². The molecule has 6 heteroatoms. The fourth-order valence-electron chi connectivity index (χ4n) is 3.94. The Bertz CT molecular complexity index is 616. The minimum Gasteiger partial charge on any atom is -0.417 e. The van der Waals surface area contributed by atoms with Gasteiger partial charge < -0.3 is 13.3 Å². The van der Waals surface area contributed by atoms with Crippen molar-refractivity contribution in [2.75, 3.05) is 19.8 Å². The standard InChI is InChI=1S/C11H15OSi.C7H14OSi.C6H14OSi/c1-10-6-2-3-7-11(10)13-9-5-4-8-12-13;1-3-9(2)7-5-4-6-8-9;1-8(2)6-4-3-5-7-8/h2-3,6-7H,4-5,8-9H2,1H3;3H,1,4-7H2,2H3;3-6H2,1-2H3. The van der Waals surface area contributed by atoms with E-state index in [2.05, 4.69) is 57.4 Å². The summed E-state index contributed by atoms with van der Waals surface area (Å²) in [7, 11) is -3.09. The Morgan fingerprint density at radius 3 is 1.97 bits per heavy atom. The molecule has 30 heavy (non-hydrogen) atoms. The van der Waals surface area contributed by atoms with E-state index >= 15 is 0 Å². The maximum Gasteiger partial charge on any atom is 0.246 e. The van der Waals surface area contributed by atoms with Gasteiger partial charge in [-0.15, -0.1) is 6.58 Å². The molecule has 0 saturated carbocycles. The minimum atomic E-state index is -1.35. The quantitative estimate of drug-likeness (QED) is 0.496. The number of aryl methyl sites for hydroxylation is 1. The lowest BCUT2D eigenvalue weighted by atomic mass is 10.2. The normalized spacial score (nSPS) is 26.4. The first-order valence-electron chi connectivity index (χ1n) is 11.8. The first-order chi connectivity index (χ1) is 14.4. The van der Waals surface area contributed by atoms with Crippen LogP contribution in [0.3, 0.4) is 0 Å². The lowest BCUT2D eigenvalue weighted by molar-refractivity contribution is 0.275. The topological polar surface area (TPSA) is 27.7 Å². The van der Waals surface area contributed by atoms with Crippen LogP contribution in [0, 0.1) is 6.92 Å². The molecule has 3 saturated heterocycles. The monoisotopic (exact) mass is 463 g/mol. The number of rotatable bonds is 2. The number of hydrogen-bond acceptors (Lipinski definition) is 3. The summed E-state index contributed by atoms with van der Waals surface area (Å²) in [5, 5.41) is 1.48. The Kier molecular flexibility index (Phi) is 11.3. The Hall–Kier alpha value is -0.509. The second kappa shape index (κ2) is 13.1. The molecule has 0 spiro atoms. The molecule has 0 N–H and O–H groups in total. The van der Waals surface area contributed by atoms with E-state index in [0.29, 0.717) is 0 Å². The Balaban J connectivity index is 0.000000167. The summed E-state index contributed by atoms with van der Waals surface area (Å²) in [6, 6.07) is 12.6.